The van der Waals surface area contributed by atoms with Crippen LogP contribution in [0, 0.1) is 13.8 Å². The third-order valence-electron chi connectivity index (χ3n) is 7.00. The van der Waals surface area contributed by atoms with Crippen molar-refractivity contribution in [1.29, 1.82) is 0 Å². The van der Waals surface area contributed by atoms with Gasteiger partial charge in [-0.3, -0.25) is 19.1 Å². The molecule has 9 nitrogen and oxygen atoms in total. The summed E-state index contributed by atoms with van der Waals surface area (Å²) in [4.78, 5) is 37.1. The van der Waals surface area contributed by atoms with E-state index in [1.54, 1.807) is 12.3 Å². The molecular formula is C31H37N5O4. The Morgan fingerprint density at radius 1 is 1.07 bits per heavy atom. The fraction of sp³-hybridized carbons (Fsp3) is 0.355. The van der Waals surface area contributed by atoms with Crippen molar-refractivity contribution in [2.24, 2.45) is 0 Å². The summed E-state index contributed by atoms with van der Waals surface area (Å²) in [7, 11) is 0. The number of carbonyl (C=O) groups is 3. The van der Waals surface area contributed by atoms with E-state index in [1.807, 2.05) is 79.7 Å². The van der Waals surface area contributed by atoms with Crippen LogP contribution in [0.1, 0.15) is 71.8 Å². The van der Waals surface area contributed by atoms with Crippen LogP contribution in [-0.4, -0.2) is 43.8 Å². The zero-order valence-corrected chi connectivity index (χ0v) is 23.5. The Morgan fingerprint density at radius 2 is 1.88 bits per heavy atom. The summed E-state index contributed by atoms with van der Waals surface area (Å²) in [6.07, 6.45) is 7.63. The predicted molar refractivity (Wildman–Crippen MR) is 156 cm³/mol. The Balaban J connectivity index is 1.58. The maximum Gasteiger partial charge on any atom is 0.303 e. The summed E-state index contributed by atoms with van der Waals surface area (Å²) < 4.78 is 3.77. The van der Waals surface area contributed by atoms with E-state index in [0.717, 1.165) is 39.6 Å². The highest BCUT2D eigenvalue weighted by atomic mass is 16.4. The molecule has 4 rings (SSSR count). The number of carboxylic acids is 1. The van der Waals surface area contributed by atoms with Gasteiger partial charge >= 0.3 is 5.97 Å². The first-order chi connectivity index (χ1) is 19.2. The fourth-order valence-corrected chi connectivity index (χ4v) is 4.82. The lowest BCUT2D eigenvalue weighted by atomic mass is 10.0. The molecule has 0 spiro atoms. The molecule has 0 radical (unpaired) electrons. The van der Waals surface area contributed by atoms with Crippen LogP contribution in [0.25, 0.3) is 10.9 Å². The first-order valence-corrected chi connectivity index (χ1v) is 13.7. The number of carboxylic acid groups (broad SMARTS) is 1. The van der Waals surface area contributed by atoms with Gasteiger partial charge in [-0.2, -0.15) is 5.10 Å². The van der Waals surface area contributed by atoms with Gasteiger partial charge < -0.3 is 20.3 Å². The molecule has 0 bridgehead atoms. The highest BCUT2D eigenvalue weighted by Gasteiger charge is 2.20. The maximum absolute atomic E-state index is 13.6. The van der Waals surface area contributed by atoms with Gasteiger partial charge in [-0.05, 0) is 86.6 Å². The van der Waals surface area contributed by atoms with Gasteiger partial charge in [0.25, 0.3) is 5.91 Å². The van der Waals surface area contributed by atoms with E-state index < -0.39 is 12.0 Å². The number of aromatic nitrogens is 3. The summed E-state index contributed by atoms with van der Waals surface area (Å²) >= 11 is 0. The van der Waals surface area contributed by atoms with Crippen LogP contribution in [0.15, 0.2) is 55.0 Å². The molecule has 2 aromatic carbocycles. The molecule has 2 amide bonds. The zero-order chi connectivity index (χ0) is 28.8. The van der Waals surface area contributed by atoms with Crippen LogP contribution in [0.2, 0.25) is 0 Å². The third-order valence-corrected chi connectivity index (χ3v) is 7.00. The molecule has 2 aromatic heterocycles. The van der Waals surface area contributed by atoms with E-state index in [9.17, 15) is 14.4 Å². The normalized spacial score (nSPS) is 11.9. The number of benzene rings is 2. The number of anilines is 1. The number of hydrogen-bond donors (Lipinski definition) is 3. The summed E-state index contributed by atoms with van der Waals surface area (Å²) in [5.74, 6) is -1.14. The summed E-state index contributed by atoms with van der Waals surface area (Å²) in [5.41, 5.74) is 6.04. The molecule has 0 saturated carbocycles. The zero-order valence-electron chi connectivity index (χ0n) is 23.5. The van der Waals surface area contributed by atoms with Crippen molar-refractivity contribution in [3.63, 3.8) is 0 Å². The van der Waals surface area contributed by atoms with Crippen LogP contribution in [-0.2, 0) is 22.6 Å². The van der Waals surface area contributed by atoms with Crippen LogP contribution in [0.4, 0.5) is 5.69 Å². The van der Waals surface area contributed by atoms with E-state index in [0.29, 0.717) is 37.2 Å². The molecule has 2 heterocycles. The first kappa shape index (κ1) is 28.6. The van der Waals surface area contributed by atoms with Crippen molar-refractivity contribution in [2.75, 3.05) is 11.9 Å². The highest BCUT2D eigenvalue weighted by molar-refractivity contribution is 6.00. The minimum atomic E-state index is -0.842. The molecule has 3 N–H and O–H groups in total. The monoisotopic (exact) mass is 543 g/mol. The molecule has 0 fully saturated rings. The Kier molecular flexibility index (Phi) is 9.04. The highest BCUT2D eigenvalue weighted by Crippen LogP contribution is 2.28. The van der Waals surface area contributed by atoms with Gasteiger partial charge in [0, 0.05) is 47.5 Å². The number of aryl methyl sites for hydroxylation is 3. The van der Waals surface area contributed by atoms with E-state index >= 15 is 0 Å². The van der Waals surface area contributed by atoms with Crippen molar-refractivity contribution in [3.05, 3.63) is 82.8 Å². The Hall–Kier alpha value is -4.40. The molecule has 4 aromatic rings. The SMILES string of the molecule is CCCNC(=O)c1ccc2c(c1)c(C)cn2C(C)C(=O)Nc1cc(Cn2cc(C)cn2)ccc1CCCC(=O)O. The standard InChI is InChI=1S/C31H37N5O4/c1-5-13-32-31(40)25-11-12-28-26(15-25)21(3)18-36(28)22(4)30(39)34-27-14-23(19-35-17-20(2)16-33-35)9-10-24(27)7-6-8-29(37)38/h9-12,14-18,22H,5-8,13,19H2,1-4H3,(H,32,40)(H,34,39)(H,37,38). The molecule has 1 atom stereocenters. The van der Waals surface area contributed by atoms with Crippen molar-refractivity contribution in [3.8, 4) is 0 Å². The predicted octanol–water partition coefficient (Wildman–Crippen LogP) is 5.25. The summed E-state index contributed by atoms with van der Waals surface area (Å²) in [5, 5.41) is 20.4. The molecule has 40 heavy (non-hydrogen) atoms. The number of nitrogens with one attached hydrogen (secondary N) is 2. The first-order valence-electron chi connectivity index (χ1n) is 13.7. The number of fused-ring (bicyclic) bond motifs is 1. The number of aliphatic carboxylic acids is 1. The topological polar surface area (TPSA) is 118 Å². The molecule has 210 valence electrons. The van der Waals surface area contributed by atoms with E-state index in [-0.39, 0.29) is 18.2 Å². The Morgan fingerprint density at radius 3 is 2.58 bits per heavy atom. The lowest BCUT2D eigenvalue weighted by Gasteiger charge is -2.18. The number of hydrogen-bond acceptors (Lipinski definition) is 4. The molecule has 0 aliphatic rings. The van der Waals surface area contributed by atoms with Crippen molar-refractivity contribution in [2.45, 2.75) is 66.0 Å². The molecule has 9 heteroatoms. The van der Waals surface area contributed by atoms with Gasteiger partial charge in [-0.1, -0.05) is 19.1 Å². The molecular weight excluding hydrogens is 506 g/mol. The largest absolute Gasteiger partial charge is 0.481 e. The summed E-state index contributed by atoms with van der Waals surface area (Å²) in [6, 6.07) is 10.9. The van der Waals surface area contributed by atoms with Crippen molar-refractivity contribution in [1.82, 2.24) is 19.7 Å². The fourth-order valence-electron chi connectivity index (χ4n) is 4.82. The lowest BCUT2D eigenvalue weighted by molar-refractivity contribution is -0.137. The van der Waals surface area contributed by atoms with Crippen LogP contribution in [0.5, 0.6) is 0 Å². The van der Waals surface area contributed by atoms with Crippen molar-refractivity contribution < 1.29 is 19.5 Å². The summed E-state index contributed by atoms with van der Waals surface area (Å²) in [6.45, 7) is 8.98. The number of nitrogens with zero attached hydrogens (tertiary/aromatic N) is 3. The van der Waals surface area contributed by atoms with E-state index in [1.165, 1.54) is 0 Å². The average molecular weight is 544 g/mol. The molecule has 0 aliphatic heterocycles. The Labute approximate surface area is 234 Å². The average Bonchev–Trinajstić information content (AvgIpc) is 3.49. The van der Waals surface area contributed by atoms with Gasteiger partial charge in [-0.25, -0.2) is 0 Å². The van der Waals surface area contributed by atoms with Crippen molar-refractivity contribution >= 4 is 34.4 Å². The number of carbonyl (C=O) groups excluding carboxylic acids is 2. The quantitative estimate of drug-likeness (QED) is 0.226. The van der Waals surface area contributed by atoms with Gasteiger partial charge in [0.05, 0.1) is 12.7 Å². The second kappa shape index (κ2) is 12.6. The number of rotatable bonds is 12. The van der Waals surface area contributed by atoms with E-state index in [4.69, 9.17) is 5.11 Å². The minimum absolute atomic E-state index is 0.0607. The number of amides is 2. The second-order valence-electron chi connectivity index (χ2n) is 10.3. The van der Waals surface area contributed by atoms with Crippen LogP contribution in [0.3, 0.4) is 0 Å². The van der Waals surface area contributed by atoms with Crippen LogP contribution < -0.4 is 10.6 Å². The molecule has 1 unspecified atom stereocenters. The smallest absolute Gasteiger partial charge is 0.303 e. The Bertz CT molecular complexity index is 1530. The lowest BCUT2D eigenvalue weighted by Crippen LogP contribution is -2.24. The van der Waals surface area contributed by atoms with Gasteiger partial charge in [0.2, 0.25) is 5.91 Å². The molecule has 0 saturated heterocycles. The minimum Gasteiger partial charge on any atom is -0.481 e. The second-order valence-corrected chi connectivity index (χ2v) is 10.3. The third kappa shape index (κ3) is 6.77. The van der Waals surface area contributed by atoms with E-state index in [2.05, 4.69) is 15.7 Å². The van der Waals surface area contributed by atoms with Gasteiger partial charge in [0.1, 0.15) is 6.04 Å². The van der Waals surface area contributed by atoms with Gasteiger partial charge in [-0.15, -0.1) is 0 Å². The van der Waals surface area contributed by atoms with Gasteiger partial charge in [0.15, 0.2) is 0 Å². The maximum atomic E-state index is 13.6. The molecule has 0 aliphatic carbocycles. The van der Waals surface area contributed by atoms with Crippen LogP contribution >= 0.6 is 0 Å².